The van der Waals surface area contributed by atoms with Gasteiger partial charge in [0.15, 0.2) is 0 Å². The molecule has 0 amide bonds. The molecule has 3 aromatic rings. The second kappa shape index (κ2) is 7.59. The molecule has 5 N–H and O–H groups in total. The van der Waals surface area contributed by atoms with Crippen LogP contribution in [0.5, 0.6) is 5.75 Å². The maximum atomic E-state index is 12.6. The molecule has 3 rings (SSSR count). The summed E-state index contributed by atoms with van der Waals surface area (Å²) < 4.78 is 27.8. The van der Waals surface area contributed by atoms with E-state index in [-0.39, 0.29) is 16.8 Å². The van der Waals surface area contributed by atoms with Gasteiger partial charge in [0.05, 0.1) is 10.6 Å². The van der Waals surface area contributed by atoms with Crippen molar-refractivity contribution in [3.63, 3.8) is 0 Å². The van der Waals surface area contributed by atoms with Crippen LogP contribution in [-0.2, 0) is 10.0 Å². The van der Waals surface area contributed by atoms with E-state index in [0.29, 0.717) is 16.8 Å². The molecule has 0 fully saturated rings. The number of benzene rings is 3. The van der Waals surface area contributed by atoms with Gasteiger partial charge < -0.3 is 11.3 Å². The Morgan fingerprint density at radius 2 is 1.35 bits per heavy atom. The third-order valence-corrected chi connectivity index (χ3v) is 5.66. The van der Waals surface area contributed by atoms with Crippen molar-refractivity contribution in [1.82, 2.24) is 6.15 Å². The Bertz CT molecular complexity index is 999. The van der Waals surface area contributed by atoms with E-state index in [0.717, 1.165) is 11.1 Å². The molecule has 0 heterocycles. The zero-order valence-electron chi connectivity index (χ0n) is 14.7. The molecule has 0 aliphatic carbocycles. The summed E-state index contributed by atoms with van der Waals surface area (Å²) in [7, 11) is -3.70. The average Bonchev–Trinajstić information content (AvgIpc) is 2.63. The fourth-order valence-corrected chi connectivity index (χ4v) is 3.70. The highest BCUT2D eigenvalue weighted by atomic mass is 32.2. The Kier molecular flexibility index (Phi) is 5.69. The molecule has 0 unspecified atom stereocenters. The minimum atomic E-state index is -3.70. The van der Waals surface area contributed by atoms with Gasteiger partial charge in [0, 0.05) is 0 Å². The van der Waals surface area contributed by atoms with Crippen LogP contribution in [-0.4, -0.2) is 13.5 Å². The number of sulfonamides is 1. The van der Waals surface area contributed by atoms with Gasteiger partial charge in [0.25, 0.3) is 10.0 Å². The summed E-state index contributed by atoms with van der Waals surface area (Å²) in [6.45, 7) is 3.52. The van der Waals surface area contributed by atoms with Gasteiger partial charge >= 0.3 is 0 Å². The summed E-state index contributed by atoms with van der Waals surface area (Å²) in [4.78, 5) is 0.192. The summed E-state index contributed by atoms with van der Waals surface area (Å²) in [5.41, 5.74) is 3.80. The Morgan fingerprint density at radius 3 is 1.96 bits per heavy atom. The Balaban J connectivity index is 0.00000243. The van der Waals surface area contributed by atoms with E-state index in [1.165, 1.54) is 6.07 Å². The molecule has 5 nitrogen and oxygen atoms in total. The minimum absolute atomic E-state index is 0. The van der Waals surface area contributed by atoms with Crippen LogP contribution in [0.25, 0.3) is 11.1 Å². The molecule has 0 bridgehead atoms. The summed E-state index contributed by atoms with van der Waals surface area (Å²) in [6.07, 6.45) is 0. The third kappa shape index (κ3) is 3.87. The fraction of sp³-hybridized carbons (Fsp3) is 0.100. The van der Waals surface area contributed by atoms with Crippen molar-refractivity contribution in [3.05, 3.63) is 77.9 Å². The van der Waals surface area contributed by atoms with Crippen LogP contribution in [0.15, 0.2) is 71.6 Å². The van der Waals surface area contributed by atoms with Crippen molar-refractivity contribution in [3.8, 4) is 16.9 Å². The number of rotatable bonds is 4. The lowest BCUT2D eigenvalue weighted by Gasteiger charge is -2.13. The van der Waals surface area contributed by atoms with Gasteiger partial charge in [-0.2, -0.15) is 0 Å². The van der Waals surface area contributed by atoms with Crippen LogP contribution in [0, 0.1) is 13.8 Å². The van der Waals surface area contributed by atoms with Crippen molar-refractivity contribution in [1.29, 1.82) is 0 Å². The molecule has 26 heavy (non-hydrogen) atoms. The predicted molar refractivity (Wildman–Crippen MR) is 105 cm³/mol. The lowest BCUT2D eigenvalue weighted by molar-refractivity contribution is 0.470. The van der Waals surface area contributed by atoms with Gasteiger partial charge in [-0.05, 0) is 60.4 Å². The van der Waals surface area contributed by atoms with Crippen LogP contribution in [0.2, 0.25) is 0 Å². The molecule has 0 atom stereocenters. The normalized spacial score (nSPS) is 10.8. The third-order valence-electron chi connectivity index (χ3n) is 4.27. The van der Waals surface area contributed by atoms with Gasteiger partial charge in [-0.25, -0.2) is 8.42 Å². The van der Waals surface area contributed by atoms with Gasteiger partial charge in [0.1, 0.15) is 5.75 Å². The number of phenols is 1. The quantitative estimate of drug-likeness (QED) is 0.582. The van der Waals surface area contributed by atoms with E-state index < -0.39 is 10.0 Å². The van der Waals surface area contributed by atoms with Crippen molar-refractivity contribution in [2.45, 2.75) is 18.7 Å². The number of anilines is 1. The van der Waals surface area contributed by atoms with Crippen molar-refractivity contribution < 1.29 is 13.5 Å². The van der Waals surface area contributed by atoms with E-state index in [2.05, 4.69) is 4.72 Å². The molecule has 0 spiro atoms. The van der Waals surface area contributed by atoms with Crippen LogP contribution in [0.3, 0.4) is 0 Å². The second-order valence-corrected chi connectivity index (χ2v) is 7.56. The maximum Gasteiger partial charge on any atom is 0.261 e. The topological polar surface area (TPSA) is 101 Å². The minimum Gasteiger partial charge on any atom is -0.508 e. The van der Waals surface area contributed by atoms with E-state index in [1.807, 2.05) is 30.3 Å². The van der Waals surface area contributed by atoms with Crippen LogP contribution >= 0.6 is 0 Å². The zero-order valence-corrected chi connectivity index (χ0v) is 15.5. The first-order valence-corrected chi connectivity index (χ1v) is 9.34. The van der Waals surface area contributed by atoms with E-state index in [9.17, 15) is 13.5 Å². The Labute approximate surface area is 154 Å². The SMILES string of the molecule is Cc1c(O)ccc(NS(=O)(=O)c2ccc(-c3ccccc3)cc2)c1C.N. The largest absolute Gasteiger partial charge is 0.508 e. The van der Waals surface area contributed by atoms with Gasteiger partial charge in [-0.15, -0.1) is 0 Å². The second-order valence-electron chi connectivity index (χ2n) is 5.88. The molecule has 136 valence electrons. The molecule has 0 aliphatic heterocycles. The van der Waals surface area contributed by atoms with Crippen molar-refractivity contribution >= 4 is 15.7 Å². The molecule has 0 saturated carbocycles. The molecule has 6 heteroatoms. The lowest BCUT2D eigenvalue weighted by Crippen LogP contribution is -2.14. The highest BCUT2D eigenvalue weighted by molar-refractivity contribution is 7.92. The Morgan fingerprint density at radius 1 is 0.769 bits per heavy atom. The van der Waals surface area contributed by atoms with E-state index >= 15 is 0 Å². The van der Waals surface area contributed by atoms with Gasteiger partial charge in [-0.1, -0.05) is 42.5 Å². The smallest absolute Gasteiger partial charge is 0.261 e. The van der Waals surface area contributed by atoms with E-state index in [4.69, 9.17) is 0 Å². The molecule has 0 aliphatic rings. The molecular formula is C20H22N2O3S. The Hall–Kier alpha value is -2.83. The van der Waals surface area contributed by atoms with Crippen LogP contribution in [0.4, 0.5) is 5.69 Å². The zero-order chi connectivity index (χ0) is 18.0. The monoisotopic (exact) mass is 370 g/mol. The number of phenolic OH excluding ortho intramolecular Hbond substituents is 1. The molecular weight excluding hydrogens is 348 g/mol. The number of hydrogen-bond donors (Lipinski definition) is 3. The fourth-order valence-electron chi connectivity index (χ4n) is 2.58. The summed E-state index contributed by atoms with van der Waals surface area (Å²) in [5.74, 6) is 0.146. The van der Waals surface area contributed by atoms with E-state index in [1.54, 1.807) is 44.2 Å². The molecule has 3 aromatic carbocycles. The number of aromatic hydroxyl groups is 1. The van der Waals surface area contributed by atoms with Crippen molar-refractivity contribution in [2.75, 3.05) is 4.72 Å². The average molecular weight is 370 g/mol. The maximum absolute atomic E-state index is 12.6. The highest BCUT2D eigenvalue weighted by Gasteiger charge is 2.16. The standard InChI is InChI=1S/C20H19NO3S.H3N/c1-14-15(2)20(22)13-12-19(14)21-25(23,24)18-10-8-17(9-11-18)16-6-4-3-5-7-16;/h3-13,21-22H,1-2H3;1H3. The summed E-state index contributed by atoms with van der Waals surface area (Å²) >= 11 is 0. The van der Waals surface area contributed by atoms with Crippen LogP contribution < -0.4 is 10.9 Å². The summed E-state index contributed by atoms with van der Waals surface area (Å²) in [6, 6.07) is 19.6. The molecule has 0 saturated heterocycles. The van der Waals surface area contributed by atoms with Gasteiger partial charge in [-0.3, -0.25) is 4.72 Å². The highest BCUT2D eigenvalue weighted by Crippen LogP contribution is 2.28. The lowest BCUT2D eigenvalue weighted by atomic mass is 10.1. The molecule has 0 radical (unpaired) electrons. The van der Waals surface area contributed by atoms with Crippen molar-refractivity contribution in [2.24, 2.45) is 0 Å². The first-order chi connectivity index (χ1) is 11.9. The summed E-state index contributed by atoms with van der Waals surface area (Å²) in [5, 5.41) is 9.70. The van der Waals surface area contributed by atoms with Crippen LogP contribution in [0.1, 0.15) is 11.1 Å². The first-order valence-electron chi connectivity index (χ1n) is 7.86. The first kappa shape index (κ1) is 19.5. The predicted octanol–water partition coefficient (Wildman–Crippen LogP) is 4.64. The molecule has 0 aromatic heterocycles. The number of nitrogens with one attached hydrogen (secondary N) is 1. The number of hydrogen-bond acceptors (Lipinski definition) is 4. The van der Waals surface area contributed by atoms with Gasteiger partial charge in [0.2, 0.25) is 0 Å².